The van der Waals surface area contributed by atoms with Gasteiger partial charge in [-0.3, -0.25) is 4.79 Å². The Kier molecular flexibility index (Phi) is 4.55. The largest absolute Gasteiger partial charge is 0.464 e. The molecule has 1 heterocycles. The summed E-state index contributed by atoms with van der Waals surface area (Å²) in [5, 5.41) is 28.5. The Morgan fingerprint density at radius 3 is 2.43 bits per heavy atom. The van der Waals surface area contributed by atoms with Crippen LogP contribution in [0.25, 0.3) is 0 Å². The Morgan fingerprint density at radius 1 is 1.04 bits per heavy atom. The van der Waals surface area contributed by atoms with Gasteiger partial charge in [0.15, 0.2) is 5.43 Å². The number of rotatable bonds is 3. The summed E-state index contributed by atoms with van der Waals surface area (Å²) in [6.07, 6.45) is -3.24. The molecule has 3 N–H and O–H groups in total. The minimum absolute atomic E-state index is 0.0347. The predicted molar refractivity (Wildman–Crippen MR) is 84.4 cm³/mol. The first-order valence-corrected chi connectivity index (χ1v) is 7.81. The van der Waals surface area contributed by atoms with Crippen molar-refractivity contribution in [2.24, 2.45) is 0 Å². The third-order valence-corrected chi connectivity index (χ3v) is 4.54. The number of hydrogen-bond acceptors (Lipinski definition) is 5. The minimum atomic E-state index is -1.51. The second-order valence-electron chi connectivity index (χ2n) is 5.67. The van der Waals surface area contributed by atoms with Gasteiger partial charge < -0.3 is 19.7 Å². The molecule has 0 saturated heterocycles. The second kappa shape index (κ2) is 6.45. The van der Waals surface area contributed by atoms with E-state index in [2.05, 4.69) is 0 Å². The number of benzene rings is 1. The van der Waals surface area contributed by atoms with Gasteiger partial charge in [-0.05, 0) is 12.0 Å². The number of aryl methyl sites for hydroxylation is 2. The Hall–Kier alpha value is -1.66. The van der Waals surface area contributed by atoms with Gasteiger partial charge in [-0.25, -0.2) is 0 Å². The molecule has 1 aliphatic rings. The Balaban J connectivity index is 1.91. The standard InChI is InChI=1S/C17H17ClO5/c18-13-15(21)16(22)14(20)12-11(19)8-10(23-17(12)13)7-6-9-4-2-1-3-5-9/h1-5,8,13-16,20-22H,6-7H2. The van der Waals surface area contributed by atoms with E-state index in [4.69, 9.17) is 16.0 Å². The van der Waals surface area contributed by atoms with Gasteiger partial charge >= 0.3 is 0 Å². The smallest absolute Gasteiger partial charge is 0.191 e. The van der Waals surface area contributed by atoms with Crippen molar-refractivity contribution in [2.45, 2.75) is 36.5 Å². The molecule has 4 atom stereocenters. The first-order valence-electron chi connectivity index (χ1n) is 7.38. The van der Waals surface area contributed by atoms with Crippen molar-refractivity contribution in [3.8, 4) is 0 Å². The monoisotopic (exact) mass is 336 g/mol. The molecular formula is C17H17ClO5. The molecule has 0 spiro atoms. The molecule has 0 aliphatic heterocycles. The highest BCUT2D eigenvalue weighted by molar-refractivity contribution is 6.21. The lowest BCUT2D eigenvalue weighted by molar-refractivity contribution is -0.0756. The summed E-state index contributed by atoms with van der Waals surface area (Å²) >= 11 is 6.07. The van der Waals surface area contributed by atoms with Gasteiger partial charge in [0.1, 0.15) is 35.2 Å². The summed E-state index contributed by atoms with van der Waals surface area (Å²) in [4.78, 5) is 12.2. The number of aliphatic hydroxyl groups is 3. The molecule has 0 saturated carbocycles. The van der Waals surface area contributed by atoms with Gasteiger partial charge in [0.05, 0.1) is 5.56 Å². The normalized spacial score (nSPS) is 26.8. The second-order valence-corrected chi connectivity index (χ2v) is 6.14. The van der Waals surface area contributed by atoms with Gasteiger partial charge in [-0.1, -0.05) is 30.3 Å². The quantitative estimate of drug-likeness (QED) is 0.738. The molecule has 0 amide bonds. The van der Waals surface area contributed by atoms with Crippen LogP contribution in [-0.2, 0) is 12.8 Å². The van der Waals surface area contributed by atoms with E-state index < -0.39 is 29.1 Å². The summed E-state index contributed by atoms with van der Waals surface area (Å²) in [5.74, 6) is 0.464. The van der Waals surface area contributed by atoms with Crippen LogP contribution in [0.5, 0.6) is 0 Å². The van der Waals surface area contributed by atoms with Gasteiger partial charge in [0, 0.05) is 12.5 Å². The average molecular weight is 337 g/mol. The van der Waals surface area contributed by atoms with Crippen LogP contribution in [-0.4, -0.2) is 27.5 Å². The van der Waals surface area contributed by atoms with Crippen LogP contribution >= 0.6 is 11.6 Å². The molecule has 1 aromatic carbocycles. The van der Waals surface area contributed by atoms with Crippen molar-refractivity contribution < 1.29 is 19.7 Å². The molecule has 5 nitrogen and oxygen atoms in total. The zero-order chi connectivity index (χ0) is 16.6. The van der Waals surface area contributed by atoms with Gasteiger partial charge in [-0.2, -0.15) is 0 Å². The van der Waals surface area contributed by atoms with Crippen molar-refractivity contribution in [2.75, 3.05) is 0 Å². The van der Waals surface area contributed by atoms with Crippen molar-refractivity contribution >= 4 is 11.6 Å². The van der Waals surface area contributed by atoms with Gasteiger partial charge in [-0.15, -0.1) is 11.6 Å². The first-order chi connectivity index (χ1) is 11.0. The van der Waals surface area contributed by atoms with E-state index in [1.807, 2.05) is 30.3 Å². The molecular weight excluding hydrogens is 320 g/mol. The summed E-state index contributed by atoms with van der Waals surface area (Å²) in [5.41, 5.74) is 0.579. The molecule has 3 rings (SSSR count). The van der Waals surface area contributed by atoms with Crippen LogP contribution in [0.2, 0.25) is 0 Å². The number of alkyl halides is 1. The van der Waals surface area contributed by atoms with Gasteiger partial charge in [0.25, 0.3) is 0 Å². The number of hydrogen-bond donors (Lipinski definition) is 3. The predicted octanol–water partition coefficient (Wildman–Crippen LogP) is 1.47. The van der Waals surface area contributed by atoms with Gasteiger partial charge in [0.2, 0.25) is 0 Å². The first kappa shape index (κ1) is 16.2. The van der Waals surface area contributed by atoms with Crippen LogP contribution < -0.4 is 5.43 Å². The van der Waals surface area contributed by atoms with E-state index >= 15 is 0 Å². The van der Waals surface area contributed by atoms with Crippen molar-refractivity contribution in [3.05, 3.63) is 69.3 Å². The Labute approximate surface area is 137 Å². The minimum Gasteiger partial charge on any atom is -0.464 e. The van der Waals surface area contributed by atoms with Crippen LogP contribution in [0.3, 0.4) is 0 Å². The number of aliphatic hydroxyl groups excluding tert-OH is 3. The Morgan fingerprint density at radius 2 is 1.74 bits per heavy atom. The molecule has 1 aliphatic carbocycles. The third kappa shape index (κ3) is 3.05. The maximum atomic E-state index is 12.2. The highest BCUT2D eigenvalue weighted by atomic mass is 35.5. The Bertz CT molecular complexity index is 742. The molecule has 2 aromatic rings. The lowest BCUT2D eigenvalue weighted by Crippen LogP contribution is -2.42. The number of fused-ring (bicyclic) bond motifs is 1. The van der Waals surface area contributed by atoms with E-state index in [0.29, 0.717) is 18.6 Å². The fourth-order valence-corrected chi connectivity index (χ4v) is 3.10. The van der Waals surface area contributed by atoms with E-state index in [1.54, 1.807) is 0 Å². The molecule has 1 aromatic heterocycles. The molecule has 122 valence electrons. The zero-order valence-corrected chi connectivity index (χ0v) is 13.0. The summed E-state index contributed by atoms with van der Waals surface area (Å²) < 4.78 is 5.64. The van der Waals surface area contributed by atoms with Crippen molar-refractivity contribution in [1.82, 2.24) is 0 Å². The molecule has 6 heteroatoms. The average Bonchev–Trinajstić information content (AvgIpc) is 2.56. The lowest BCUT2D eigenvalue weighted by Gasteiger charge is -2.32. The summed E-state index contributed by atoms with van der Waals surface area (Å²) in [7, 11) is 0. The van der Waals surface area contributed by atoms with E-state index in [0.717, 1.165) is 5.56 Å². The summed E-state index contributed by atoms with van der Waals surface area (Å²) in [6.45, 7) is 0. The van der Waals surface area contributed by atoms with E-state index in [1.165, 1.54) is 6.07 Å². The lowest BCUT2D eigenvalue weighted by atomic mass is 9.88. The van der Waals surface area contributed by atoms with Crippen LogP contribution in [0.4, 0.5) is 0 Å². The van der Waals surface area contributed by atoms with E-state index in [-0.39, 0.29) is 11.3 Å². The molecule has 4 unspecified atom stereocenters. The van der Waals surface area contributed by atoms with Crippen molar-refractivity contribution in [3.63, 3.8) is 0 Å². The van der Waals surface area contributed by atoms with Crippen LogP contribution in [0, 0.1) is 0 Å². The maximum absolute atomic E-state index is 12.2. The zero-order valence-electron chi connectivity index (χ0n) is 12.2. The highest BCUT2D eigenvalue weighted by Gasteiger charge is 2.43. The van der Waals surface area contributed by atoms with E-state index in [9.17, 15) is 20.1 Å². The highest BCUT2D eigenvalue weighted by Crippen LogP contribution is 2.39. The molecule has 0 fully saturated rings. The molecule has 0 radical (unpaired) electrons. The van der Waals surface area contributed by atoms with Crippen LogP contribution in [0.1, 0.15) is 34.1 Å². The molecule has 0 bridgehead atoms. The van der Waals surface area contributed by atoms with Crippen LogP contribution in [0.15, 0.2) is 45.6 Å². The third-order valence-electron chi connectivity index (χ3n) is 4.09. The topological polar surface area (TPSA) is 90.9 Å². The fourth-order valence-electron chi connectivity index (χ4n) is 2.79. The fraction of sp³-hybridized carbons (Fsp3) is 0.353. The number of halogens is 1. The molecule has 23 heavy (non-hydrogen) atoms. The summed E-state index contributed by atoms with van der Waals surface area (Å²) in [6, 6.07) is 11.0. The van der Waals surface area contributed by atoms with Crippen molar-refractivity contribution in [1.29, 1.82) is 0 Å². The maximum Gasteiger partial charge on any atom is 0.191 e. The SMILES string of the molecule is O=c1cc(CCc2ccccc2)oc2c1C(O)C(O)C(O)C2Cl.